The van der Waals surface area contributed by atoms with Crippen LogP contribution in [-0.4, -0.2) is 17.7 Å². The van der Waals surface area contributed by atoms with Crippen molar-refractivity contribution >= 4 is 11.6 Å². The van der Waals surface area contributed by atoms with E-state index in [1.165, 1.54) is 16.7 Å². The van der Waals surface area contributed by atoms with E-state index in [1.54, 1.807) is 0 Å². The number of nitrogens with zero attached hydrogens (tertiary/aromatic N) is 1. The van der Waals surface area contributed by atoms with Gasteiger partial charge < -0.3 is 4.74 Å². The standard InChI is InChI=1S/C24H22ClNO/c25-19-11-12-22-21(15-19)23(18-9-5-2-6-10-18)20-13-14-26(24(20)27-22)16-17-7-3-1-4-8-17/h1-12,15,20,23-24H,13-14,16H2. The Morgan fingerprint density at radius 2 is 1.67 bits per heavy atom. The largest absolute Gasteiger partial charge is 0.474 e. The average molecular weight is 376 g/mol. The van der Waals surface area contributed by atoms with Crippen LogP contribution in [0, 0.1) is 5.92 Å². The highest BCUT2D eigenvalue weighted by molar-refractivity contribution is 6.30. The summed E-state index contributed by atoms with van der Waals surface area (Å²) in [7, 11) is 0. The summed E-state index contributed by atoms with van der Waals surface area (Å²) >= 11 is 6.34. The first-order chi connectivity index (χ1) is 13.3. The Hall–Kier alpha value is -2.29. The molecule has 2 heterocycles. The Morgan fingerprint density at radius 3 is 2.44 bits per heavy atom. The number of fused-ring (bicyclic) bond motifs is 2. The second-order valence-corrected chi connectivity index (χ2v) is 7.92. The number of hydrogen-bond acceptors (Lipinski definition) is 2. The van der Waals surface area contributed by atoms with Gasteiger partial charge in [0, 0.05) is 35.5 Å². The predicted octanol–water partition coefficient (Wildman–Crippen LogP) is 5.71. The molecular formula is C24H22ClNO. The SMILES string of the molecule is Clc1ccc2c(c1)C(c1ccccc1)C1CCN(Cc3ccccc3)C1O2. The normalized spacial score (nSPS) is 24.1. The van der Waals surface area contributed by atoms with Crippen molar-refractivity contribution in [3.05, 3.63) is 101 Å². The molecule has 0 aliphatic carbocycles. The molecule has 0 aromatic heterocycles. The molecule has 5 rings (SSSR count). The van der Waals surface area contributed by atoms with Crippen LogP contribution in [0.25, 0.3) is 0 Å². The van der Waals surface area contributed by atoms with Gasteiger partial charge in [-0.2, -0.15) is 0 Å². The highest BCUT2D eigenvalue weighted by atomic mass is 35.5. The van der Waals surface area contributed by atoms with E-state index in [9.17, 15) is 0 Å². The Labute approximate surface area is 165 Å². The van der Waals surface area contributed by atoms with E-state index >= 15 is 0 Å². The molecule has 27 heavy (non-hydrogen) atoms. The molecule has 2 aliphatic heterocycles. The lowest BCUT2D eigenvalue weighted by atomic mass is 9.77. The first-order valence-corrected chi connectivity index (χ1v) is 9.96. The molecule has 2 nitrogen and oxygen atoms in total. The van der Waals surface area contributed by atoms with Crippen LogP contribution in [0.3, 0.4) is 0 Å². The van der Waals surface area contributed by atoms with Crippen molar-refractivity contribution in [1.29, 1.82) is 0 Å². The van der Waals surface area contributed by atoms with Crippen LogP contribution in [-0.2, 0) is 6.54 Å². The minimum atomic E-state index is 0.101. The highest BCUT2D eigenvalue weighted by Gasteiger charge is 2.45. The zero-order chi connectivity index (χ0) is 18.2. The quantitative estimate of drug-likeness (QED) is 0.581. The van der Waals surface area contributed by atoms with Gasteiger partial charge >= 0.3 is 0 Å². The maximum Gasteiger partial charge on any atom is 0.156 e. The Kier molecular flexibility index (Phi) is 4.39. The monoisotopic (exact) mass is 375 g/mol. The maximum atomic E-state index is 6.51. The van der Waals surface area contributed by atoms with Crippen LogP contribution in [0.4, 0.5) is 0 Å². The van der Waals surface area contributed by atoms with E-state index in [0.29, 0.717) is 11.8 Å². The van der Waals surface area contributed by atoms with Gasteiger partial charge in [-0.3, -0.25) is 4.90 Å². The van der Waals surface area contributed by atoms with Gasteiger partial charge in [0.25, 0.3) is 0 Å². The number of benzene rings is 3. The minimum Gasteiger partial charge on any atom is -0.474 e. The predicted molar refractivity (Wildman–Crippen MR) is 109 cm³/mol. The zero-order valence-electron chi connectivity index (χ0n) is 15.1. The summed E-state index contributed by atoms with van der Waals surface area (Å²) in [6.07, 6.45) is 1.23. The molecule has 1 fully saturated rings. The highest BCUT2D eigenvalue weighted by Crippen LogP contribution is 2.49. The van der Waals surface area contributed by atoms with Crippen molar-refractivity contribution in [3.63, 3.8) is 0 Å². The van der Waals surface area contributed by atoms with Gasteiger partial charge in [-0.25, -0.2) is 0 Å². The number of hydrogen-bond donors (Lipinski definition) is 0. The summed E-state index contributed by atoms with van der Waals surface area (Å²) in [5, 5.41) is 0.774. The number of rotatable bonds is 3. The molecule has 0 saturated carbocycles. The van der Waals surface area contributed by atoms with Crippen molar-refractivity contribution in [2.75, 3.05) is 6.54 Å². The van der Waals surface area contributed by atoms with E-state index in [4.69, 9.17) is 16.3 Å². The molecular weight excluding hydrogens is 354 g/mol. The molecule has 3 aromatic carbocycles. The summed E-state index contributed by atoms with van der Waals surface area (Å²) in [6.45, 7) is 1.97. The van der Waals surface area contributed by atoms with E-state index in [0.717, 1.165) is 30.3 Å². The summed E-state index contributed by atoms with van der Waals surface area (Å²) < 4.78 is 6.51. The van der Waals surface area contributed by atoms with E-state index in [2.05, 4.69) is 71.6 Å². The first-order valence-electron chi connectivity index (χ1n) is 9.58. The smallest absolute Gasteiger partial charge is 0.156 e. The maximum absolute atomic E-state index is 6.51. The van der Waals surface area contributed by atoms with Gasteiger partial charge in [-0.1, -0.05) is 72.3 Å². The fraction of sp³-hybridized carbons (Fsp3) is 0.250. The topological polar surface area (TPSA) is 12.5 Å². The van der Waals surface area contributed by atoms with E-state index in [-0.39, 0.29) is 6.23 Å². The minimum absolute atomic E-state index is 0.101. The summed E-state index contributed by atoms with van der Waals surface area (Å²) in [4.78, 5) is 2.48. The van der Waals surface area contributed by atoms with Crippen molar-refractivity contribution in [2.24, 2.45) is 5.92 Å². The Morgan fingerprint density at radius 1 is 0.926 bits per heavy atom. The van der Waals surface area contributed by atoms with Crippen LogP contribution in [0.15, 0.2) is 78.9 Å². The van der Waals surface area contributed by atoms with Gasteiger partial charge in [0.15, 0.2) is 6.23 Å². The first kappa shape index (κ1) is 16.9. The fourth-order valence-electron chi connectivity index (χ4n) is 4.65. The van der Waals surface area contributed by atoms with E-state index in [1.807, 2.05) is 12.1 Å². The van der Waals surface area contributed by atoms with Crippen LogP contribution in [0.1, 0.15) is 29.0 Å². The summed E-state index contributed by atoms with van der Waals surface area (Å²) in [6, 6.07) is 27.5. The molecule has 3 unspecified atom stereocenters. The lowest BCUT2D eigenvalue weighted by molar-refractivity contribution is 0.00780. The second kappa shape index (κ2) is 7.03. The third-order valence-electron chi connectivity index (χ3n) is 5.85. The number of likely N-dealkylation sites (tertiary alicyclic amines) is 1. The van der Waals surface area contributed by atoms with Gasteiger partial charge in [-0.15, -0.1) is 0 Å². The van der Waals surface area contributed by atoms with Crippen molar-refractivity contribution in [2.45, 2.75) is 25.1 Å². The van der Waals surface area contributed by atoms with Gasteiger partial charge in [-0.05, 0) is 35.7 Å². The van der Waals surface area contributed by atoms with Gasteiger partial charge in [0.2, 0.25) is 0 Å². The molecule has 0 spiro atoms. The third kappa shape index (κ3) is 3.13. The average Bonchev–Trinajstić information content (AvgIpc) is 3.10. The van der Waals surface area contributed by atoms with E-state index < -0.39 is 0 Å². The van der Waals surface area contributed by atoms with Crippen LogP contribution >= 0.6 is 11.6 Å². The Bertz CT molecular complexity index is 928. The molecule has 1 saturated heterocycles. The summed E-state index contributed by atoms with van der Waals surface area (Å²) in [5.74, 6) is 1.72. The number of halogens is 1. The molecule has 3 heteroatoms. The molecule has 2 aliphatic rings. The molecule has 0 N–H and O–H groups in total. The van der Waals surface area contributed by atoms with Gasteiger partial charge in [0.05, 0.1) is 0 Å². The van der Waals surface area contributed by atoms with Crippen molar-refractivity contribution in [1.82, 2.24) is 4.90 Å². The molecule has 136 valence electrons. The molecule has 0 radical (unpaired) electrons. The lowest BCUT2D eigenvalue weighted by Gasteiger charge is -2.39. The fourth-order valence-corrected chi connectivity index (χ4v) is 4.83. The summed E-state index contributed by atoms with van der Waals surface area (Å²) in [5.41, 5.74) is 3.90. The molecule has 0 amide bonds. The molecule has 3 aromatic rings. The third-order valence-corrected chi connectivity index (χ3v) is 6.08. The number of ether oxygens (including phenoxy) is 1. The van der Waals surface area contributed by atoms with Crippen LogP contribution < -0.4 is 4.74 Å². The Balaban J connectivity index is 1.53. The molecule has 3 atom stereocenters. The second-order valence-electron chi connectivity index (χ2n) is 7.49. The van der Waals surface area contributed by atoms with Crippen LogP contribution in [0.5, 0.6) is 5.75 Å². The van der Waals surface area contributed by atoms with Crippen molar-refractivity contribution < 1.29 is 4.74 Å². The zero-order valence-corrected chi connectivity index (χ0v) is 15.8. The lowest BCUT2D eigenvalue weighted by Crippen LogP contribution is -2.42. The molecule has 0 bridgehead atoms. The van der Waals surface area contributed by atoms with Gasteiger partial charge in [0.1, 0.15) is 5.75 Å². The van der Waals surface area contributed by atoms with Crippen molar-refractivity contribution in [3.8, 4) is 5.75 Å². The van der Waals surface area contributed by atoms with Crippen LogP contribution in [0.2, 0.25) is 5.02 Å².